The summed E-state index contributed by atoms with van der Waals surface area (Å²) >= 11 is 9.98. The van der Waals surface area contributed by atoms with Crippen LogP contribution in [0.3, 0.4) is 0 Å². The van der Waals surface area contributed by atoms with Gasteiger partial charge in [0.05, 0.1) is 12.0 Å². The lowest BCUT2D eigenvalue weighted by molar-refractivity contribution is -0.122. The zero-order chi connectivity index (χ0) is 23.4. The lowest BCUT2D eigenvalue weighted by Gasteiger charge is -2.14. The van der Waals surface area contributed by atoms with Crippen molar-refractivity contribution in [2.24, 2.45) is 0 Å². The van der Waals surface area contributed by atoms with E-state index in [0.717, 1.165) is 26.9 Å². The van der Waals surface area contributed by atoms with E-state index < -0.39 is 0 Å². The topological polar surface area (TPSA) is 67.9 Å². The summed E-state index contributed by atoms with van der Waals surface area (Å²) in [5, 5.41) is 2.90. The molecule has 1 heterocycles. The summed E-state index contributed by atoms with van der Waals surface area (Å²) < 4.78 is 12.6. The van der Waals surface area contributed by atoms with Crippen LogP contribution in [0.1, 0.15) is 23.6 Å². The molecule has 1 N–H and O–H groups in total. The number of hydrogen-bond donors (Lipinski definition) is 1. The van der Waals surface area contributed by atoms with Gasteiger partial charge in [-0.25, -0.2) is 0 Å². The van der Waals surface area contributed by atoms with Crippen LogP contribution in [-0.2, 0) is 9.59 Å². The molecule has 0 aliphatic carbocycles. The fourth-order valence-electron chi connectivity index (χ4n) is 3.24. The second kappa shape index (κ2) is 10.5. The van der Waals surface area contributed by atoms with Crippen molar-refractivity contribution in [2.75, 3.05) is 25.6 Å². The summed E-state index contributed by atoms with van der Waals surface area (Å²) in [4.78, 5) is 27.0. The first-order chi connectivity index (χ1) is 15.2. The molecular formula is C23H23BrN2O4S2. The normalized spacial score (nSPS) is 14.8. The van der Waals surface area contributed by atoms with Gasteiger partial charge in [-0.15, -0.1) is 0 Å². The third-order valence-electron chi connectivity index (χ3n) is 4.80. The molecule has 2 aromatic carbocycles. The monoisotopic (exact) mass is 534 g/mol. The first-order valence-electron chi connectivity index (χ1n) is 9.86. The average Bonchev–Trinajstić information content (AvgIpc) is 3.01. The summed E-state index contributed by atoms with van der Waals surface area (Å²) in [5.74, 6) is 0.531. The number of aryl methyl sites for hydroxylation is 2. The number of rotatable bonds is 7. The maximum atomic E-state index is 12.4. The maximum absolute atomic E-state index is 12.4. The van der Waals surface area contributed by atoms with Crippen molar-refractivity contribution in [3.05, 3.63) is 56.4 Å². The predicted octanol–water partition coefficient (Wildman–Crippen LogP) is 5.31. The van der Waals surface area contributed by atoms with E-state index in [9.17, 15) is 9.59 Å². The van der Waals surface area contributed by atoms with Gasteiger partial charge >= 0.3 is 0 Å². The van der Waals surface area contributed by atoms with Crippen molar-refractivity contribution in [3.63, 3.8) is 0 Å². The number of benzene rings is 2. The van der Waals surface area contributed by atoms with E-state index in [0.29, 0.717) is 27.3 Å². The molecule has 0 aromatic heterocycles. The van der Waals surface area contributed by atoms with Gasteiger partial charge in [0, 0.05) is 16.7 Å². The number of nitrogens with one attached hydrogen (secondary N) is 1. The highest BCUT2D eigenvalue weighted by atomic mass is 79.9. The number of carbonyl (C=O) groups is 2. The molecule has 3 rings (SSSR count). The highest BCUT2D eigenvalue weighted by molar-refractivity contribution is 9.10. The first-order valence-corrected chi connectivity index (χ1v) is 11.9. The van der Waals surface area contributed by atoms with E-state index in [1.807, 2.05) is 32.9 Å². The van der Waals surface area contributed by atoms with Crippen LogP contribution in [0.5, 0.6) is 11.5 Å². The zero-order valence-corrected chi connectivity index (χ0v) is 21.4. The number of likely N-dealkylation sites (N-methyl/N-ethyl adjacent to an activating group) is 1. The van der Waals surface area contributed by atoms with Crippen LogP contribution in [0.25, 0.3) is 6.08 Å². The van der Waals surface area contributed by atoms with Crippen LogP contribution in [0, 0.1) is 13.8 Å². The van der Waals surface area contributed by atoms with E-state index in [1.54, 1.807) is 29.2 Å². The molecule has 2 aromatic rings. The smallest absolute Gasteiger partial charge is 0.266 e. The number of halogens is 1. The lowest BCUT2D eigenvalue weighted by Crippen LogP contribution is -2.27. The van der Waals surface area contributed by atoms with Gasteiger partial charge in [0.25, 0.3) is 11.8 Å². The van der Waals surface area contributed by atoms with Crippen molar-refractivity contribution in [2.45, 2.75) is 20.8 Å². The number of carbonyl (C=O) groups excluding carboxylic acids is 2. The molecule has 1 fully saturated rings. The minimum Gasteiger partial charge on any atom is -0.493 e. The zero-order valence-electron chi connectivity index (χ0n) is 18.2. The highest BCUT2D eigenvalue weighted by Crippen LogP contribution is 2.34. The summed E-state index contributed by atoms with van der Waals surface area (Å²) in [6, 6.07) is 9.17. The summed E-state index contributed by atoms with van der Waals surface area (Å²) in [6.07, 6.45) is 1.77. The standard InChI is InChI=1S/C23H23BrN2O4S2/c1-5-26-22(28)19(32-23(26)31)11-15-6-7-17(18(10-15)29-4)30-12-20(27)25-21-13(2)8-16(24)9-14(21)3/h6-11H,5,12H2,1-4H3,(H,25,27)/b19-11-. The average molecular weight is 535 g/mol. The van der Waals surface area contributed by atoms with Crippen LogP contribution in [0.2, 0.25) is 0 Å². The minimum absolute atomic E-state index is 0.100. The molecule has 2 amide bonds. The Bertz CT molecular complexity index is 1090. The molecule has 32 heavy (non-hydrogen) atoms. The van der Waals surface area contributed by atoms with E-state index in [1.165, 1.54) is 18.9 Å². The Hall–Kier alpha value is -2.36. The molecule has 1 aliphatic heterocycles. The number of thioether (sulfide) groups is 1. The largest absolute Gasteiger partial charge is 0.493 e. The van der Waals surface area contributed by atoms with Gasteiger partial charge in [0.2, 0.25) is 0 Å². The molecule has 1 saturated heterocycles. The van der Waals surface area contributed by atoms with Gasteiger partial charge in [0.15, 0.2) is 18.1 Å². The Morgan fingerprint density at radius 2 is 1.91 bits per heavy atom. The van der Waals surface area contributed by atoms with Crippen LogP contribution < -0.4 is 14.8 Å². The van der Waals surface area contributed by atoms with Crippen molar-refractivity contribution in [1.29, 1.82) is 0 Å². The molecule has 0 spiro atoms. The molecule has 9 heteroatoms. The third kappa shape index (κ3) is 5.51. The van der Waals surface area contributed by atoms with Gasteiger partial charge in [-0.05, 0) is 67.8 Å². The molecule has 0 atom stereocenters. The Morgan fingerprint density at radius 1 is 1.22 bits per heavy atom. The first kappa shape index (κ1) is 24.3. The lowest BCUT2D eigenvalue weighted by atomic mass is 10.1. The van der Waals surface area contributed by atoms with Gasteiger partial charge in [-0.2, -0.15) is 0 Å². The third-order valence-corrected chi connectivity index (χ3v) is 6.63. The van der Waals surface area contributed by atoms with Crippen molar-refractivity contribution in [3.8, 4) is 11.5 Å². The van der Waals surface area contributed by atoms with E-state index in [2.05, 4.69) is 21.2 Å². The molecule has 0 radical (unpaired) electrons. The Kier molecular flexibility index (Phi) is 7.97. The fraction of sp³-hybridized carbons (Fsp3) is 0.261. The van der Waals surface area contributed by atoms with Crippen molar-refractivity contribution >= 4 is 67.8 Å². The quantitative estimate of drug-likeness (QED) is 0.383. The second-order valence-corrected chi connectivity index (χ2v) is 9.68. The summed E-state index contributed by atoms with van der Waals surface area (Å²) in [5.41, 5.74) is 3.46. The number of methoxy groups -OCH3 is 1. The van der Waals surface area contributed by atoms with Crippen molar-refractivity contribution in [1.82, 2.24) is 4.90 Å². The van der Waals surface area contributed by atoms with Gasteiger partial charge < -0.3 is 14.8 Å². The Labute approximate surface area is 205 Å². The Morgan fingerprint density at radius 3 is 2.50 bits per heavy atom. The summed E-state index contributed by atoms with van der Waals surface area (Å²) in [6.45, 7) is 6.13. The number of thiocarbonyl (C=S) groups is 1. The van der Waals surface area contributed by atoms with Crippen LogP contribution in [-0.4, -0.2) is 41.3 Å². The predicted molar refractivity (Wildman–Crippen MR) is 136 cm³/mol. The molecule has 0 bridgehead atoms. The number of nitrogens with zero attached hydrogens (tertiary/aromatic N) is 1. The van der Waals surface area contributed by atoms with E-state index >= 15 is 0 Å². The number of hydrogen-bond acceptors (Lipinski definition) is 6. The molecular weight excluding hydrogens is 512 g/mol. The number of ether oxygens (including phenoxy) is 2. The molecule has 0 saturated carbocycles. The van der Waals surface area contributed by atoms with Crippen molar-refractivity contribution < 1.29 is 19.1 Å². The van der Waals surface area contributed by atoms with Gasteiger partial charge in [-0.1, -0.05) is 46.0 Å². The van der Waals surface area contributed by atoms with Crippen LogP contribution in [0.15, 0.2) is 39.7 Å². The second-order valence-electron chi connectivity index (χ2n) is 7.09. The van der Waals surface area contributed by atoms with E-state index in [4.69, 9.17) is 21.7 Å². The van der Waals surface area contributed by atoms with Gasteiger partial charge in [-0.3, -0.25) is 14.5 Å². The summed E-state index contributed by atoms with van der Waals surface area (Å²) in [7, 11) is 1.52. The molecule has 168 valence electrons. The fourth-order valence-corrected chi connectivity index (χ4v) is 5.31. The number of amides is 2. The molecule has 1 aliphatic rings. The SMILES string of the molecule is CCN1C(=O)/C(=C/c2ccc(OCC(=O)Nc3c(C)cc(Br)cc3C)c(OC)c2)SC1=S. The molecule has 0 unspecified atom stereocenters. The van der Waals surface area contributed by atoms with Crippen LogP contribution >= 0.6 is 39.9 Å². The van der Waals surface area contributed by atoms with Crippen LogP contribution in [0.4, 0.5) is 5.69 Å². The Balaban J connectivity index is 1.69. The number of anilines is 1. The maximum Gasteiger partial charge on any atom is 0.266 e. The van der Waals surface area contributed by atoms with E-state index in [-0.39, 0.29) is 18.4 Å². The highest BCUT2D eigenvalue weighted by Gasteiger charge is 2.30. The van der Waals surface area contributed by atoms with Gasteiger partial charge in [0.1, 0.15) is 4.32 Å². The minimum atomic E-state index is -0.270. The molecule has 6 nitrogen and oxygen atoms in total.